The summed E-state index contributed by atoms with van der Waals surface area (Å²) in [7, 11) is 1.05. The Morgan fingerprint density at radius 1 is 1.53 bits per heavy atom. The Morgan fingerprint density at radius 3 is 2.58 bits per heavy atom. The van der Waals surface area contributed by atoms with Crippen LogP contribution in [0.5, 0.6) is 0 Å². The Bertz CT molecular complexity index is 540. The Balaban J connectivity index is 3.50. The van der Waals surface area contributed by atoms with Crippen molar-refractivity contribution in [2.24, 2.45) is 0 Å². The van der Waals surface area contributed by atoms with Gasteiger partial charge in [0.25, 0.3) is 0 Å². The smallest absolute Gasteiger partial charge is 0.446 e. The SMILES string of the molecule is COC(=O)c1ccc(CCl)c(C#N)c1SC(F)(F)F. The Morgan fingerprint density at radius 2 is 2.16 bits per heavy atom. The number of hydrogen-bond acceptors (Lipinski definition) is 4. The van der Waals surface area contributed by atoms with Crippen molar-refractivity contribution >= 4 is 29.3 Å². The second-order valence-corrected chi connectivity index (χ2v) is 4.60. The van der Waals surface area contributed by atoms with Crippen molar-refractivity contribution in [3.8, 4) is 6.07 Å². The number of nitriles is 1. The van der Waals surface area contributed by atoms with Crippen LogP contribution in [0.1, 0.15) is 21.5 Å². The van der Waals surface area contributed by atoms with Gasteiger partial charge in [0.05, 0.1) is 18.2 Å². The minimum Gasteiger partial charge on any atom is -0.465 e. The molecule has 0 heterocycles. The number of alkyl halides is 4. The van der Waals surface area contributed by atoms with Gasteiger partial charge in [-0.05, 0) is 23.4 Å². The monoisotopic (exact) mass is 309 g/mol. The van der Waals surface area contributed by atoms with Crippen molar-refractivity contribution < 1.29 is 22.7 Å². The zero-order chi connectivity index (χ0) is 14.6. The third-order valence-corrected chi connectivity index (χ3v) is 3.27. The van der Waals surface area contributed by atoms with Gasteiger partial charge in [-0.2, -0.15) is 18.4 Å². The molecule has 0 spiro atoms. The van der Waals surface area contributed by atoms with Crippen LogP contribution in [0.25, 0.3) is 0 Å². The number of carbonyl (C=O) groups is 1. The van der Waals surface area contributed by atoms with Gasteiger partial charge in [-0.3, -0.25) is 0 Å². The first-order valence-electron chi connectivity index (χ1n) is 4.80. The molecule has 3 nitrogen and oxygen atoms in total. The fourth-order valence-corrected chi connectivity index (χ4v) is 2.34. The molecule has 0 unspecified atom stereocenters. The van der Waals surface area contributed by atoms with E-state index >= 15 is 0 Å². The van der Waals surface area contributed by atoms with Crippen molar-refractivity contribution in [3.05, 3.63) is 28.8 Å². The molecule has 19 heavy (non-hydrogen) atoms. The lowest BCUT2D eigenvalue weighted by Gasteiger charge is -2.13. The topological polar surface area (TPSA) is 50.1 Å². The van der Waals surface area contributed by atoms with Gasteiger partial charge in [-0.25, -0.2) is 4.79 Å². The van der Waals surface area contributed by atoms with E-state index in [1.807, 2.05) is 0 Å². The molecule has 0 aliphatic rings. The summed E-state index contributed by atoms with van der Waals surface area (Å²) in [6, 6.07) is 4.14. The molecule has 0 saturated heterocycles. The van der Waals surface area contributed by atoms with Gasteiger partial charge in [0, 0.05) is 10.8 Å². The van der Waals surface area contributed by atoms with Crippen LogP contribution in [0.15, 0.2) is 17.0 Å². The standard InChI is InChI=1S/C11H7ClF3NO2S/c1-18-10(17)7-3-2-6(4-12)8(5-16)9(7)19-11(13,14)15/h2-3H,4H2,1H3. The van der Waals surface area contributed by atoms with Crippen LogP contribution in [-0.2, 0) is 10.6 Å². The maximum atomic E-state index is 12.5. The fourth-order valence-electron chi connectivity index (χ4n) is 1.35. The van der Waals surface area contributed by atoms with E-state index in [1.165, 1.54) is 12.1 Å². The van der Waals surface area contributed by atoms with E-state index in [-0.39, 0.29) is 22.6 Å². The number of hydrogen-bond donors (Lipinski definition) is 0. The molecule has 0 saturated carbocycles. The van der Waals surface area contributed by atoms with Crippen molar-refractivity contribution in [2.75, 3.05) is 7.11 Å². The minimum atomic E-state index is -4.63. The highest BCUT2D eigenvalue weighted by Gasteiger charge is 2.34. The summed E-state index contributed by atoms with van der Waals surface area (Å²) < 4.78 is 41.9. The third-order valence-electron chi connectivity index (χ3n) is 2.12. The summed E-state index contributed by atoms with van der Waals surface area (Å²) in [5.74, 6) is -1.07. The van der Waals surface area contributed by atoms with E-state index in [9.17, 15) is 18.0 Å². The molecule has 102 valence electrons. The van der Waals surface area contributed by atoms with E-state index in [4.69, 9.17) is 16.9 Å². The molecule has 0 fully saturated rings. The number of carbonyl (C=O) groups excluding carboxylic acids is 1. The second-order valence-electron chi connectivity index (χ2n) is 3.26. The second kappa shape index (κ2) is 6.17. The van der Waals surface area contributed by atoms with Gasteiger partial charge in [0.2, 0.25) is 0 Å². The fraction of sp³-hybridized carbons (Fsp3) is 0.273. The molecule has 8 heteroatoms. The normalized spacial score (nSPS) is 10.9. The number of ether oxygens (including phenoxy) is 1. The number of benzene rings is 1. The molecule has 0 radical (unpaired) electrons. The maximum absolute atomic E-state index is 12.5. The van der Waals surface area contributed by atoms with Crippen LogP contribution in [0.2, 0.25) is 0 Å². The van der Waals surface area contributed by atoms with Crippen LogP contribution in [-0.4, -0.2) is 18.6 Å². The van der Waals surface area contributed by atoms with E-state index in [2.05, 4.69) is 4.74 Å². The van der Waals surface area contributed by atoms with Crippen LogP contribution in [0, 0.1) is 11.3 Å². The van der Waals surface area contributed by atoms with Crippen LogP contribution in [0.3, 0.4) is 0 Å². The molecule has 1 aromatic carbocycles. The van der Waals surface area contributed by atoms with E-state index in [1.54, 1.807) is 6.07 Å². The van der Waals surface area contributed by atoms with Crippen LogP contribution in [0.4, 0.5) is 13.2 Å². The predicted molar refractivity (Wildman–Crippen MR) is 64.0 cm³/mol. The first kappa shape index (κ1) is 15.7. The largest absolute Gasteiger partial charge is 0.465 e. The molecular formula is C11H7ClF3NO2S. The lowest BCUT2D eigenvalue weighted by molar-refractivity contribution is -0.0328. The summed E-state index contributed by atoms with van der Waals surface area (Å²) in [6.45, 7) is 0. The first-order valence-corrected chi connectivity index (χ1v) is 6.15. The molecular weight excluding hydrogens is 303 g/mol. The summed E-state index contributed by atoms with van der Waals surface area (Å²) in [5, 5.41) is 8.96. The minimum absolute atomic E-state index is 0.129. The highest BCUT2D eigenvalue weighted by Crippen LogP contribution is 2.41. The van der Waals surface area contributed by atoms with Gasteiger partial charge in [-0.15, -0.1) is 11.6 Å². The van der Waals surface area contributed by atoms with Gasteiger partial charge >= 0.3 is 11.5 Å². The van der Waals surface area contributed by atoms with Gasteiger partial charge in [-0.1, -0.05) is 6.07 Å². The highest BCUT2D eigenvalue weighted by atomic mass is 35.5. The number of methoxy groups -OCH3 is 1. The van der Waals surface area contributed by atoms with Gasteiger partial charge in [0.1, 0.15) is 6.07 Å². The van der Waals surface area contributed by atoms with Crippen LogP contribution < -0.4 is 0 Å². The summed E-state index contributed by atoms with van der Waals surface area (Å²) >= 11 is 5.03. The molecule has 0 aromatic heterocycles. The predicted octanol–water partition coefficient (Wildman–Crippen LogP) is 3.70. The van der Waals surface area contributed by atoms with Crippen molar-refractivity contribution in [3.63, 3.8) is 0 Å². The molecule has 1 rings (SSSR count). The van der Waals surface area contributed by atoms with Crippen molar-refractivity contribution in [1.82, 2.24) is 0 Å². The average Bonchev–Trinajstić information content (AvgIpc) is 2.35. The number of rotatable bonds is 3. The van der Waals surface area contributed by atoms with Gasteiger partial charge < -0.3 is 4.74 Å². The van der Waals surface area contributed by atoms with E-state index in [0.717, 1.165) is 7.11 Å². The molecule has 0 aliphatic carbocycles. The molecule has 0 aliphatic heterocycles. The zero-order valence-corrected chi connectivity index (χ0v) is 11.1. The van der Waals surface area contributed by atoms with Gasteiger partial charge in [0.15, 0.2) is 0 Å². The van der Waals surface area contributed by atoms with E-state index in [0.29, 0.717) is 0 Å². The lowest BCUT2D eigenvalue weighted by Crippen LogP contribution is -2.09. The Kier molecular flexibility index (Phi) is 5.09. The highest BCUT2D eigenvalue weighted by molar-refractivity contribution is 8.00. The van der Waals surface area contributed by atoms with Crippen molar-refractivity contribution in [2.45, 2.75) is 16.3 Å². The van der Waals surface area contributed by atoms with Crippen LogP contribution >= 0.6 is 23.4 Å². The number of nitrogens with zero attached hydrogens (tertiary/aromatic N) is 1. The summed E-state index contributed by atoms with van der Waals surface area (Å²) in [4.78, 5) is 11.0. The summed E-state index contributed by atoms with van der Waals surface area (Å²) in [5.41, 5.74) is -4.97. The third kappa shape index (κ3) is 3.78. The average molecular weight is 310 g/mol. The summed E-state index contributed by atoms with van der Waals surface area (Å²) in [6.07, 6.45) is 0. The van der Waals surface area contributed by atoms with Crippen molar-refractivity contribution in [1.29, 1.82) is 5.26 Å². The quantitative estimate of drug-likeness (QED) is 0.485. The maximum Gasteiger partial charge on any atom is 0.446 e. The molecule has 1 aromatic rings. The number of esters is 1. The number of thioether (sulfide) groups is 1. The Labute approximate surface area is 116 Å². The molecule has 0 N–H and O–H groups in total. The Hall–Kier alpha value is -1.39. The molecule has 0 atom stereocenters. The first-order chi connectivity index (χ1) is 8.84. The molecule has 0 bridgehead atoms. The number of halogens is 4. The zero-order valence-electron chi connectivity index (χ0n) is 9.55. The van der Waals surface area contributed by atoms with E-state index < -0.39 is 28.1 Å². The molecule has 0 amide bonds. The lowest BCUT2D eigenvalue weighted by atomic mass is 10.1.